The predicted molar refractivity (Wildman–Crippen MR) is 73.4 cm³/mol. The van der Waals surface area contributed by atoms with Gasteiger partial charge in [-0.05, 0) is 38.3 Å². The molecule has 1 aliphatic rings. The number of carbonyl (C=O) groups excluding carboxylic acids is 1. The molecule has 0 aliphatic heterocycles. The molecule has 1 aliphatic carbocycles. The number of benzene rings is 1. The van der Waals surface area contributed by atoms with Crippen LogP contribution in [0.4, 0.5) is 0 Å². The van der Waals surface area contributed by atoms with Gasteiger partial charge in [0.05, 0.1) is 6.54 Å². The molecule has 3 heteroatoms. The lowest BCUT2D eigenvalue weighted by Gasteiger charge is -2.20. The fourth-order valence-electron chi connectivity index (χ4n) is 2.20. The smallest absolute Gasteiger partial charge is 0.236 e. The molecular formula is C15H22N2O. The molecule has 2 rings (SSSR count). The first-order valence-electron chi connectivity index (χ1n) is 6.85. The quantitative estimate of drug-likeness (QED) is 0.744. The molecule has 0 atom stereocenters. The number of nitrogens with zero attached hydrogens (tertiary/aromatic N) is 1. The highest BCUT2D eigenvalue weighted by molar-refractivity contribution is 5.78. The maximum atomic E-state index is 11.9. The maximum Gasteiger partial charge on any atom is 0.236 e. The van der Waals surface area contributed by atoms with Crippen molar-refractivity contribution >= 4 is 5.91 Å². The van der Waals surface area contributed by atoms with Crippen molar-refractivity contribution in [1.82, 2.24) is 10.2 Å². The molecule has 1 aromatic carbocycles. The van der Waals surface area contributed by atoms with Gasteiger partial charge in [0.2, 0.25) is 5.91 Å². The maximum absolute atomic E-state index is 11.9. The van der Waals surface area contributed by atoms with Crippen molar-refractivity contribution < 1.29 is 4.79 Å². The van der Waals surface area contributed by atoms with E-state index in [2.05, 4.69) is 24.4 Å². The summed E-state index contributed by atoms with van der Waals surface area (Å²) in [5.74, 6) is 0.244. The minimum Gasteiger partial charge on any atom is -0.339 e. The van der Waals surface area contributed by atoms with E-state index in [4.69, 9.17) is 0 Å². The van der Waals surface area contributed by atoms with Crippen molar-refractivity contribution in [2.75, 3.05) is 19.6 Å². The van der Waals surface area contributed by atoms with E-state index in [0.717, 1.165) is 19.5 Å². The number of nitrogens with one attached hydrogen (secondary N) is 1. The van der Waals surface area contributed by atoms with Crippen LogP contribution in [0.1, 0.15) is 25.3 Å². The van der Waals surface area contributed by atoms with E-state index in [1.807, 2.05) is 23.1 Å². The fraction of sp³-hybridized carbons (Fsp3) is 0.533. The Labute approximate surface area is 109 Å². The second kappa shape index (κ2) is 6.55. The van der Waals surface area contributed by atoms with Crippen LogP contribution in [-0.2, 0) is 11.2 Å². The Morgan fingerprint density at radius 2 is 2.06 bits per heavy atom. The molecule has 0 unspecified atom stereocenters. The lowest BCUT2D eigenvalue weighted by Crippen LogP contribution is -2.39. The highest BCUT2D eigenvalue weighted by atomic mass is 16.2. The molecule has 1 N–H and O–H groups in total. The number of hydrogen-bond acceptors (Lipinski definition) is 2. The van der Waals surface area contributed by atoms with Gasteiger partial charge in [0.15, 0.2) is 0 Å². The van der Waals surface area contributed by atoms with Crippen LogP contribution in [0.2, 0.25) is 0 Å². The summed E-state index contributed by atoms with van der Waals surface area (Å²) in [6.07, 6.45) is 3.34. The molecule has 0 spiro atoms. The lowest BCUT2D eigenvalue weighted by atomic mass is 10.1. The molecule has 1 amide bonds. The molecule has 0 aromatic heterocycles. The molecule has 0 saturated heterocycles. The Morgan fingerprint density at radius 3 is 2.67 bits per heavy atom. The van der Waals surface area contributed by atoms with E-state index in [1.165, 1.54) is 18.4 Å². The van der Waals surface area contributed by atoms with Crippen LogP contribution < -0.4 is 5.32 Å². The van der Waals surface area contributed by atoms with Gasteiger partial charge in [0.25, 0.3) is 0 Å². The largest absolute Gasteiger partial charge is 0.339 e. The predicted octanol–water partition coefficient (Wildman–Crippen LogP) is 1.83. The molecule has 18 heavy (non-hydrogen) atoms. The van der Waals surface area contributed by atoms with Crippen molar-refractivity contribution in [2.24, 2.45) is 0 Å². The summed E-state index contributed by atoms with van der Waals surface area (Å²) >= 11 is 0. The summed E-state index contributed by atoms with van der Waals surface area (Å²) in [6, 6.07) is 10.9. The zero-order valence-electron chi connectivity index (χ0n) is 11.1. The van der Waals surface area contributed by atoms with Gasteiger partial charge >= 0.3 is 0 Å². The summed E-state index contributed by atoms with van der Waals surface area (Å²) < 4.78 is 0. The van der Waals surface area contributed by atoms with E-state index >= 15 is 0 Å². The second-order valence-electron chi connectivity index (χ2n) is 4.82. The summed E-state index contributed by atoms with van der Waals surface area (Å²) in [7, 11) is 0. The third-order valence-electron chi connectivity index (χ3n) is 3.36. The van der Waals surface area contributed by atoms with Crippen molar-refractivity contribution in [3.05, 3.63) is 35.9 Å². The Bertz CT molecular complexity index is 373. The number of amides is 1. The molecule has 1 aromatic rings. The number of likely N-dealkylation sites (N-methyl/N-ethyl adjacent to an activating group) is 1. The highest BCUT2D eigenvalue weighted by Crippen LogP contribution is 2.26. The van der Waals surface area contributed by atoms with Crippen LogP contribution in [-0.4, -0.2) is 36.5 Å². The Balaban J connectivity index is 1.64. The van der Waals surface area contributed by atoms with Gasteiger partial charge in [0, 0.05) is 12.6 Å². The van der Waals surface area contributed by atoms with Gasteiger partial charge in [-0.2, -0.15) is 0 Å². The zero-order valence-corrected chi connectivity index (χ0v) is 11.1. The van der Waals surface area contributed by atoms with Crippen LogP contribution in [0.15, 0.2) is 30.3 Å². The van der Waals surface area contributed by atoms with Crippen LogP contribution in [0, 0.1) is 0 Å². The van der Waals surface area contributed by atoms with E-state index < -0.39 is 0 Å². The fourth-order valence-corrected chi connectivity index (χ4v) is 2.20. The molecule has 3 nitrogen and oxygen atoms in total. The number of carbonyl (C=O) groups is 1. The van der Waals surface area contributed by atoms with Crippen molar-refractivity contribution in [3.8, 4) is 0 Å². The van der Waals surface area contributed by atoms with Gasteiger partial charge in [-0.1, -0.05) is 30.3 Å². The van der Waals surface area contributed by atoms with Crippen molar-refractivity contribution in [1.29, 1.82) is 0 Å². The van der Waals surface area contributed by atoms with Gasteiger partial charge in [0.1, 0.15) is 0 Å². The van der Waals surface area contributed by atoms with Crippen LogP contribution >= 0.6 is 0 Å². The molecule has 0 radical (unpaired) electrons. The number of hydrogen-bond donors (Lipinski definition) is 1. The van der Waals surface area contributed by atoms with Gasteiger partial charge in [-0.15, -0.1) is 0 Å². The lowest BCUT2D eigenvalue weighted by molar-refractivity contribution is -0.130. The van der Waals surface area contributed by atoms with E-state index in [-0.39, 0.29) is 5.91 Å². The normalized spacial score (nSPS) is 14.5. The van der Waals surface area contributed by atoms with Gasteiger partial charge in [-0.3, -0.25) is 4.79 Å². The third kappa shape index (κ3) is 3.84. The summed E-state index contributed by atoms with van der Waals surface area (Å²) in [4.78, 5) is 13.9. The van der Waals surface area contributed by atoms with Crippen LogP contribution in [0.3, 0.4) is 0 Å². The Hall–Kier alpha value is -1.35. The minimum atomic E-state index is 0.244. The molecular weight excluding hydrogens is 224 g/mol. The average molecular weight is 246 g/mol. The topological polar surface area (TPSA) is 32.3 Å². The van der Waals surface area contributed by atoms with E-state index in [9.17, 15) is 4.79 Å². The van der Waals surface area contributed by atoms with Gasteiger partial charge in [-0.25, -0.2) is 0 Å². The first-order valence-corrected chi connectivity index (χ1v) is 6.85. The Kier molecular flexibility index (Phi) is 4.76. The monoisotopic (exact) mass is 246 g/mol. The van der Waals surface area contributed by atoms with E-state index in [1.54, 1.807) is 0 Å². The minimum absolute atomic E-state index is 0.244. The second-order valence-corrected chi connectivity index (χ2v) is 4.82. The van der Waals surface area contributed by atoms with E-state index in [0.29, 0.717) is 12.6 Å². The van der Waals surface area contributed by atoms with Crippen molar-refractivity contribution in [3.63, 3.8) is 0 Å². The first kappa shape index (κ1) is 13.1. The zero-order chi connectivity index (χ0) is 12.8. The third-order valence-corrected chi connectivity index (χ3v) is 3.36. The standard InChI is InChI=1S/C15H22N2O/c1-2-17(14-8-9-14)15(18)12-16-11-10-13-6-4-3-5-7-13/h3-7,14,16H,2,8-12H2,1H3. The molecule has 0 heterocycles. The molecule has 0 bridgehead atoms. The summed E-state index contributed by atoms with van der Waals surface area (Å²) in [5.41, 5.74) is 1.31. The number of rotatable bonds is 7. The summed E-state index contributed by atoms with van der Waals surface area (Å²) in [6.45, 7) is 4.22. The van der Waals surface area contributed by atoms with Crippen LogP contribution in [0.25, 0.3) is 0 Å². The highest BCUT2D eigenvalue weighted by Gasteiger charge is 2.30. The van der Waals surface area contributed by atoms with Gasteiger partial charge < -0.3 is 10.2 Å². The SMILES string of the molecule is CCN(C(=O)CNCCc1ccccc1)C1CC1. The Morgan fingerprint density at radius 1 is 1.33 bits per heavy atom. The average Bonchev–Trinajstić information content (AvgIpc) is 3.21. The molecule has 1 saturated carbocycles. The van der Waals surface area contributed by atoms with Crippen molar-refractivity contribution in [2.45, 2.75) is 32.2 Å². The molecule has 1 fully saturated rings. The summed E-state index contributed by atoms with van der Waals surface area (Å²) in [5, 5.41) is 3.24. The first-order chi connectivity index (χ1) is 8.81. The molecule has 98 valence electrons. The van der Waals surface area contributed by atoms with Crippen LogP contribution in [0.5, 0.6) is 0 Å².